The molecule has 1 aliphatic rings. The van der Waals surface area contributed by atoms with Crippen LogP contribution in [0.5, 0.6) is 0 Å². The zero-order valence-electron chi connectivity index (χ0n) is 11.3. The Balaban J connectivity index is 1.71. The second-order valence-corrected chi connectivity index (χ2v) is 7.39. The van der Waals surface area contributed by atoms with Crippen molar-refractivity contribution >= 4 is 44.9 Å². The van der Waals surface area contributed by atoms with Crippen LogP contribution >= 0.6 is 23.1 Å². The van der Waals surface area contributed by atoms with E-state index >= 15 is 0 Å². The third kappa shape index (κ3) is 2.82. The van der Waals surface area contributed by atoms with Crippen molar-refractivity contribution in [3.63, 3.8) is 0 Å². The predicted molar refractivity (Wildman–Crippen MR) is 85.4 cm³/mol. The number of fused-ring (bicyclic) bond motifs is 1. The minimum absolute atomic E-state index is 0.00107. The number of aromatic nitrogens is 1. The monoisotopic (exact) mass is 307 g/mol. The van der Waals surface area contributed by atoms with Crippen molar-refractivity contribution in [2.75, 3.05) is 11.6 Å². The Hall–Kier alpha value is -1.11. The fourth-order valence-electron chi connectivity index (χ4n) is 2.40. The van der Waals surface area contributed by atoms with Gasteiger partial charge in [-0.2, -0.15) is 0 Å². The lowest BCUT2D eigenvalue weighted by atomic mass is 9.75. The molecular formula is C14H17N3OS2. The molecule has 20 heavy (non-hydrogen) atoms. The number of thioether (sulfide) groups is 1. The van der Waals surface area contributed by atoms with Crippen LogP contribution in [0.4, 0.5) is 5.69 Å². The lowest BCUT2D eigenvalue weighted by molar-refractivity contribution is -0.118. The Kier molecular flexibility index (Phi) is 3.70. The number of hydrogen-bond acceptors (Lipinski definition) is 5. The first-order valence-electron chi connectivity index (χ1n) is 6.61. The summed E-state index contributed by atoms with van der Waals surface area (Å²) >= 11 is 3.28. The van der Waals surface area contributed by atoms with E-state index in [1.54, 1.807) is 23.1 Å². The molecule has 0 spiro atoms. The number of nitrogens with one attached hydrogen (secondary N) is 1. The van der Waals surface area contributed by atoms with Crippen molar-refractivity contribution in [1.82, 2.24) is 4.98 Å². The number of benzene rings is 1. The molecule has 106 valence electrons. The van der Waals surface area contributed by atoms with E-state index in [9.17, 15) is 4.79 Å². The Morgan fingerprint density at radius 1 is 1.55 bits per heavy atom. The van der Waals surface area contributed by atoms with Gasteiger partial charge in [0, 0.05) is 17.6 Å². The van der Waals surface area contributed by atoms with Crippen molar-refractivity contribution in [3.05, 3.63) is 18.2 Å². The lowest BCUT2D eigenvalue weighted by Gasteiger charge is -2.37. The number of thiazole rings is 1. The number of hydrogen-bond donors (Lipinski definition) is 2. The first-order valence-corrected chi connectivity index (χ1v) is 8.65. The zero-order valence-corrected chi connectivity index (χ0v) is 12.9. The van der Waals surface area contributed by atoms with Crippen LogP contribution < -0.4 is 11.1 Å². The van der Waals surface area contributed by atoms with Gasteiger partial charge in [-0.25, -0.2) is 4.98 Å². The van der Waals surface area contributed by atoms with Gasteiger partial charge in [0.05, 0.1) is 10.2 Å². The lowest BCUT2D eigenvalue weighted by Crippen LogP contribution is -2.48. The van der Waals surface area contributed by atoms with Crippen LogP contribution in [0.2, 0.25) is 0 Å². The zero-order chi connectivity index (χ0) is 14.2. The Labute approximate surface area is 126 Å². The minimum Gasteiger partial charge on any atom is -0.326 e. The van der Waals surface area contributed by atoms with Crippen molar-refractivity contribution in [2.45, 2.75) is 35.6 Å². The Morgan fingerprint density at radius 2 is 2.35 bits per heavy atom. The molecule has 0 bridgehead atoms. The van der Waals surface area contributed by atoms with Gasteiger partial charge in [-0.05, 0) is 43.7 Å². The Morgan fingerprint density at radius 3 is 3.00 bits per heavy atom. The van der Waals surface area contributed by atoms with Gasteiger partial charge in [-0.3, -0.25) is 4.79 Å². The van der Waals surface area contributed by atoms with E-state index < -0.39 is 0 Å². The summed E-state index contributed by atoms with van der Waals surface area (Å²) < 4.78 is 2.14. The average Bonchev–Trinajstić information content (AvgIpc) is 2.79. The number of rotatable bonds is 4. The van der Waals surface area contributed by atoms with Crippen molar-refractivity contribution in [1.29, 1.82) is 0 Å². The van der Waals surface area contributed by atoms with Crippen LogP contribution in [0.15, 0.2) is 22.5 Å². The van der Waals surface area contributed by atoms with Crippen LogP contribution in [0, 0.1) is 0 Å². The summed E-state index contributed by atoms with van der Waals surface area (Å²) in [6.45, 7) is 0. The molecule has 0 saturated heterocycles. The number of carbonyl (C=O) groups is 1. The quantitative estimate of drug-likeness (QED) is 0.851. The number of nitrogens with zero attached hydrogens (tertiary/aromatic N) is 1. The van der Waals surface area contributed by atoms with Crippen LogP contribution in [-0.4, -0.2) is 22.7 Å². The third-order valence-electron chi connectivity index (χ3n) is 3.69. The van der Waals surface area contributed by atoms with Crippen LogP contribution in [0.25, 0.3) is 10.2 Å². The van der Waals surface area contributed by atoms with Gasteiger partial charge in [0.2, 0.25) is 5.91 Å². The maximum absolute atomic E-state index is 12.0. The second kappa shape index (κ2) is 5.35. The van der Waals surface area contributed by atoms with Gasteiger partial charge in [0.1, 0.15) is 0 Å². The molecule has 0 unspecified atom stereocenters. The normalized spacial score (nSPS) is 16.9. The first-order chi connectivity index (χ1) is 9.58. The van der Waals surface area contributed by atoms with Gasteiger partial charge in [0.25, 0.3) is 0 Å². The molecule has 1 aromatic heterocycles. The van der Waals surface area contributed by atoms with Gasteiger partial charge in [0.15, 0.2) is 4.34 Å². The van der Waals surface area contributed by atoms with Crippen molar-refractivity contribution < 1.29 is 4.79 Å². The standard InChI is InChI=1S/C14H17N3OS2/c1-19-13-17-10-4-3-9(7-11(10)20-13)16-12(18)8-14(15)5-2-6-14/h3-4,7H,2,5-6,8,15H2,1H3,(H,16,18). The predicted octanol–water partition coefficient (Wildman–Crippen LogP) is 3.23. The number of amides is 1. The van der Waals surface area contributed by atoms with Gasteiger partial charge >= 0.3 is 0 Å². The molecule has 3 N–H and O–H groups in total. The van der Waals surface area contributed by atoms with E-state index in [1.165, 1.54) is 0 Å². The molecule has 0 aliphatic heterocycles. The summed E-state index contributed by atoms with van der Waals surface area (Å²) in [5.41, 5.74) is 7.62. The third-order valence-corrected chi connectivity index (χ3v) is 5.69. The molecule has 1 saturated carbocycles. The van der Waals surface area contributed by atoms with E-state index in [0.717, 1.165) is 39.5 Å². The second-order valence-electron chi connectivity index (χ2n) is 5.31. The highest BCUT2D eigenvalue weighted by Gasteiger charge is 2.34. The number of nitrogens with two attached hydrogens (primary N) is 1. The molecule has 1 aliphatic carbocycles. The maximum atomic E-state index is 12.0. The molecule has 2 aromatic rings. The summed E-state index contributed by atoms with van der Waals surface area (Å²) in [6.07, 6.45) is 5.45. The van der Waals surface area contributed by atoms with Crippen molar-refractivity contribution in [2.24, 2.45) is 5.73 Å². The van der Waals surface area contributed by atoms with E-state index in [4.69, 9.17) is 5.73 Å². The van der Waals surface area contributed by atoms with E-state index in [1.807, 2.05) is 24.5 Å². The average molecular weight is 307 g/mol. The van der Waals surface area contributed by atoms with E-state index in [2.05, 4.69) is 10.3 Å². The van der Waals surface area contributed by atoms with Crippen LogP contribution in [0.3, 0.4) is 0 Å². The Bertz CT molecular complexity index is 649. The van der Waals surface area contributed by atoms with Crippen LogP contribution in [0.1, 0.15) is 25.7 Å². The summed E-state index contributed by atoms with van der Waals surface area (Å²) in [6, 6.07) is 5.82. The molecule has 3 rings (SSSR count). The number of carbonyl (C=O) groups excluding carboxylic acids is 1. The van der Waals surface area contributed by atoms with Crippen LogP contribution in [-0.2, 0) is 4.79 Å². The molecular weight excluding hydrogens is 290 g/mol. The van der Waals surface area contributed by atoms with Crippen molar-refractivity contribution in [3.8, 4) is 0 Å². The summed E-state index contributed by atoms with van der Waals surface area (Å²) in [5.74, 6) is 0.00107. The number of anilines is 1. The smallest absolute Gasteiger partial charge is 0.226 e. The highest BCUT2D eigenvalue weighted by atomic mass is 32.2. The molecule has 0 atom stereocenters. The maximum Gasteiger partial charge on any atom is 0.226 e. The highest BCUT2D eigenvalue weighted by Crippen LogP contribution is 2.33. The van der Waals surface area contributed by atoms with Gasteiger partial charge in [-0.15, -0.1) is 11.3 Å². The van der Waals surface area contributed by atoms with E-state index in [-0.39, 0.29) is 11.4 Å². The first kappa shape index (κ1) is 13.9. The molecule has 1 fully saturated rings. The summed E-state index contributed by atoms with van der Waals surface area (Å²) in [4.78, 5) is 16.5. The summed E-state index contributed by atoms with van der Waals surface area (Å²) in [7, 11) is 0. The molecule has 1 aromatic carbocycles. The minimum atomic E-state index is -0.273. The fourth-order valence-corrected chi connectivity index (χ4v) is 3.93. The topological polar surface area (TPSA) is 68.0 Å². The molecule has 1 heterocycles. The fraction of sp³-hybridized carbons (Fsp3) is 0.429. The van der Waals surface area contributed by atoms with Gasteiger partial charge in [-0.1, -0.05) is 11.8 Å². The van der Waals surface area contributed by atoms with Gasteiger partial charge < -0.3 is 11.1 Å². The highest BCUT2D eigenvalue weighted by molar-refractivity contribution is 8.00. The summed E-state index contributed by atoms with van der Waals surface area (Å²) in [5, 5.41) is 2.94. The molecule has 1 amide bonds. The largest absolute Gasteiger partial charge is 0.326 e. The molecule has 4 nitrogen and oxygen atoms in total. The van der Waals surface area contributed by atoms with E-state index in [0.29, 0.717) is 6.42 Å². The SMILES string of the molecule is CSc1nc2ccc(NC(=O)CC3(N)CCC3)cc2s1. The molecule has 6 heteroatoms. The molecule has 0 radical (unpaired) electrons.